The Morgan fingerprint density at radius 2 is 1.70 bits per heavy atom. The van der Waals surface area contributed by atoms with Crippen LogP contribution in [0.5, 0.6) is 5.75 Å². The van der Waals surface area contributed by atoms with Gasteiger partial charge in [0.15, 0.2) is 6.10 Å². The predicted molar refractivity (Wildman–Crippen MR) is 138 cm³/mol. The number of nitrogens with one attached hydrogen (secondary N) is 1. The van der Waals surface area contributed by atoms with Gasteiger partial charge >= 0.3 is 18.2 Å². The first-order valence-corrected chi connectivity index (χ1v) is 12.5. The van der Waals surface area contributed by atoms with E-state index in [1.165, 1.54) is 29.2 Å². The molecule has 220 valence electrons. The molecule has 0 spiro atoms. The molecule has 2 aromatic rings. The van der Waals surface area contributed by atoms with E-state index in [1.54, 1.807) is 31.2 Å². The Balaban J connectivity index is 1.93. The van der Waals surface area contributed by atoms with Gasteiger partial charge in [0.2, 0.25) is 0 Å². The second kappa shape index (κ2) is 16.3. The molecule has 0 bridgehead atoms. The molecule has 1 unspecified atom stereocenters. The van der Waals surface area contributed by atoms with Crippen molar-refractivity contribution < 1.29 is 47.0 Å². The summed E-state index contributed by atoms with van der Waals surface area (Å²) in [4.78, 5) is 35.7. The second-order valence-electron chi connectivity index (χ2n) is 8.53. The van der Waals surface area contributed by atoms with Crippen molar-refractivity contribution in [3.63, 3.8) is 0 Å². The molecule has 0 saturated carbocycles. The number of carbonyl (C=O) groups excluding carboxylic acids is 1. The van der Waals surface area contributed by atoms with Gasteiger partial charge in [-0.2, -0.15) is 13.2 Å². The Kier molecular flexibility index (Phi) is 13.1. The van der Waals surface area contributed by atoms with Crippen LogP contribution >= 0.6 is 0 Å². The van der Waals surface area contributed by atoms with Gasteiger partial charge in [-0.05, 0) is 43.2 Å². The summed E-state index contributed by atoms with van der Waals surface area (Å²) in [7, 11) is 0. The highest BCUT2D eigenvalue weighted by atomic mass is 19.4. The van der Waals surface area contributed by atoms with Gasteiger partial charge < -0.3 is 29.5 Å². The summed E-state index contributed by atoms with van der Waals surface area (Å²) in [5.41, 5.74) is 0.910. The molecule has 0 fully saturated rings. The van der Waals surface area contributed by atoms with E-state index in [9.17, 15) is 38.0 Å². The molecular weight excluding hydrogens is 539 g/mol. The molecule has 11 nitrogen and oxygen atoms in total. The first-order chi connectivity index (χ1) is 19.0. The largest absolute Gasteiger partial charge is 0.492 e. The number of halogens is 3. The molecule has 1 atom stereocenters. The molecule has 40 heavy (non-hydrogen) atoms. The molecule has 0 aliphatic rings. The quantitative estimate of drug-likeness (QED) is 0.155. The van der Waals surface area contributed by atoms with Crippen molar-refractivity contribution in [3.8, 4) is 5.75 Å². The fourth-order valence-electron chi connectivity index (χ4n) is 3.46. The van der Waals surface area contributed by atoms with Gasteiger partial charge in [0.1, 0.15) is 12.4 Å². The summed E-state index contributed by atoms with van der Waals surface area (Å²) in [6.45, 7) is 2.07. The van der Waals surface area contributed by atoms with Crippen molar-refractivity contribution in [2.24, 2.45) is 0 Å². The molecule has 0 aliphatic heterocycles. The molecule has 2 N–H and O–H groups in total. The Morgan fingerprint density at radius 1 is 1.05 bits per heavy atom. The fourth-order valence-corrected chi connectivity index (χ4v) is 3.46. The van der Waals surface area contributed by atoms with Crippen LogP contribution in [0.4, 0.5) is 29.3 Å². The lowest BCUT2D eigenvalue weighted by Gasteiger charge is -2.23. The zero-order valence-electron chi connectivity index (χ0n) is 21.9. The molecule has 0 saturated heterocycles. The van der Waals surface area contributed by atoms with E-state index in [4.69, 9.17) is 14.2 Å². The van der Waals surface area contributed by atoms with Crippen LogP contribution in [0.25, 0.3) is 0 Å². The summed E-state index contributed by atoms with van der Waals surface area (Å²) >= 11 is 0. The topological polar surface area (TPSA) is 140 Å². The first-order valence-electron chi connectivity index (χ1n) is 12.5. The number of hydrogen-bond donors (Lipinski definition) is 2. The number of non-ortho nitro benzene ring substituents is 1. The number of amides is 2. The van der Waals surface area contributed by atoms with Gasteiger partial charge in [-0.15, -0.1) is 0 Å². The smallest absolute Gasteiger partial charge is 0.389 e. The van der Waals surface area contributed by atoms with E-state index in [0.717, 1.165) is 5.56 Å². The highest BCUT2D eigenvalue weighted by Crippen LogP contribution is 2.21. The average Bonchev–Trinajstić information content (AvgIpc) is 2.89. The van der Waals surface area contributed by atoms with Gasteiger partial charge in [0, 0.05) is 50.4 Å². The van der Waals surface area contributed by atoms with E-state index in [2.05, 4.69) is 5.32 Å². The van der Waals surface area contributed by atoms with E-state index in [0.29, 0.717) is 11.4 Å². The lowest BCUT2D eigenvalue weighted by Crippen LogP contribution is -2.40. The van der Waals surface area contributed by atoms with Crippen LogP contribution in [0.15, 0.2) is 48.5 Å². The van der Waals surface area contributed by atoms with E-state index in [-0.39, 0.29) is 58.0 Å². The number of rotatable bonds is 17. The monoisotopic (exact) mass is 571 g/mol. The molecule has 0 aromatic heterocycles. The van der Waals surface area contributed by atoms with Crippen molar-refractivity contribution in [2.75, 3.05) is 44.8 Å². The number of urea groups is 1. The number of nitrogens with zero attached hydrogens (tertiary/aromatic N) is 2. The lowest BCUT2D eigenvalue weighted by molar-refractivity contribution is -0.384. The van der Waals surface area contributed by atoms with E-state index >= 15 is 0 Å². The predicted octanol–water partition coefficient (Wildman–Crippen LogP) is 4.90. The zero-order chi connectivity index (χ0) is 29.5. The van der Waals surface area contributed by atoms with E-state index in [1.807, 2.05) is 0 Å². The molecule has 0 aliphatic carbocycles. The summed E-state index contributed by atoms with van der Waals surface area (Å²) in [6.07, 6.45) is -6.21. The van der Waals surface area contributed by atoms with Crippen LogP contribution in [0.1, 0.15) is 25.3 Å². The highest BCUT2D eigenvalue weighted by Gasteiger charge is 2.26. The van der Waals surface area contributed by atoms with Gasteiger partial charge in [-0.1, -0.05) is 12.1 Å². The number of nitro groups is 1. The Bertz CT molecular complexity index is 1080. The summed E-state index contributed by atoms with van der Waals surface area (Å²) in [5.74, 6) is -0.579. The molecule has 2 rings (SSSR count). The zero-order valence-corrected chi connectivity index (χ0v) is 21.9. The summed E-state index contributed by atoms with van der Waals surface area (Å²) < 4.78 is 53.1. The van der Waals surface area contributed by atoms with Crippen LogP contribution < -0.4 is 10.1 Å². The third kappa shape index (κ3) is 12.3. The van der Waals surface area contributed by atoms with Crippen molar-refractivity contribution in [1.82, 2.24) is 4.90 Å². The number of carboxylic acids is 1. The number of ether oxygens (including phenoxy) is 3. The number of carbonyl (C=O) groups is 2. The minimum Gasteiger partial charge on any atom is -0.492 e. The average molecular weight is 572 g/mol. The normalized spacial score (nSPS) is 12.0. The number of carboxylic acid groups (broad SMARTS) is 1. The number of hydrogen-bond acceptors (Lipinski definition) is 7. The van der Waals surface area contributed by atoms with Crippen LogP contribution in [-0.2, 0) is 20.7 Å². The number of aliphatic carboxylic acids is 1. The molecule has 0 heterocycles. The minimum atomic E-state index is -4.27. The minimum absolute atomic E-state index is 0.00912. The Labute approximate surface area is 229 Å². The first kappa shape index (κ1) is 32.3. The number of alkyl halides is 3. The molecule has 14 heteroatoms. The molecule has 0 radical (unpaired) electrons. The lowest BCUT2D eigenvalue weighted by atomic mass is 10.1. The number of benzene rings is 2. The van der Waals surface area contributed by atoms with Gasteiger partial charge in [0.05, 0.1) is 18.1 Å². The maximum Gasteiger partial charge on any atom is 0.389 e. The Hall–Kier alpha value is -3.91. The second-order valence-corrected chi connectivity index (χ2v) is 8.53. The van der Waals surface area contributed by atoms with Gasteiger partial charge in [-0.25, -0.2) is 9.59 Å². The third-order valence-electron chi connectivity index (χ3n) is 5.49. The van der Waals surface area contributed by atoms with Crippen LogP contribution in [0.2, 0.25) is 0 Å². The molecular formula is C26H32F3N3O8. The van der Waals surface area contributed by atoms with Crippen molar-refractivity contribution in [3.05, 3.63) is 64.2 Å². The van der Waals surface area contributed by atoms with Crippen LogP contribution in [0.3, 0.4) is 0 Å². The maximum atomic E-state index is 12.8. The Morgan fingerprint density at radius 3 is 2.27 bits per heavy atom. The van der Waals surface area contributed by atoms with Gasteiger partial charge in [0.25, 0.3) is 5.69 Å². The number of anilines is 1. The van der Waals surface area contributed by atoms with Crippen LogP contribution in [0, 0.1) is 10.1 Å². The summed E-state index contributed by atoms with van der Waals surface area (Å²) in [6, 6.07) is 11.4. The number of nitro benzene ring substituents is 1. The highest BCUT2D eigenvalue weighted by molar-refractivity contribution is 5.89. The molecule has 2 aromatic carbocycles. The van der Waals surface area contributed by atoms with Crippen molar-refractivity contribution in [1.29, 1.82) is 0 Å². The van der Waals surface area contributed by atoms with Crippen molar-refractivity contribution in [2.45, 2.75) is 38.5 Å². The SMILES string of the molecule is CCOC(Cc1ccc(OCCN(CCOCCCC(F)(F)F)C(=O)Nc2ccc([N+](=O)[O-])cc2)cc1)C(=O)O. The summed E-state index contributed by atoms with van der Waals surface area (Å²) in [5, 5.41) is 22.7. The third-order valence-corrected chi connectivity index (χ3v) is 5.49. The van der Waals surface area contributed by atoms with Gasteiger partial charge in [-0.3, -0.25) is 10.1 Å². The fraction of sp³-hybridized carbons (Fsp3) is 0.462. The standard InChI is InChI=1S/C26H32F3N3O8/c1-2-39-23(24(33)34)18-19-4-10-22(11-5-19)40-17-14-31(13-16-38-15-3-12-26(27,28)29)25(35)30-20-6-8-21(9-7-20)32(36)37/h4-11,23H,2-3,12-18H2,1H3,(H,30,35)(H,33,34). The molecule has 2 amide bonds. The van der Waals surface area contributed by atoms with E-state index < -0.39 is 35.6 Å². The van der Waals surface area contributed by atoms with Crippen molar-refractivity contribution >= 4 is 23.4 Å². The van der Waals surface area contributed by atoms with Crippen LogP contribution in [-0.4, -0.2) is 78.7 Å². The maximum absolute atomic E-state index is 12.8.